The van der Waals surface area contributed by atoms with Crippen LogP contribution in [0.1, 0.15) is 23.7 Å². The lowest BCUT2D eigenvalue weighted by Gasteiger charge is -2.18. The van der Waals surface area contributed by atoms with E-state index in [9.17, 15) is 4.39 Å². The zero-order valence-electron chi connectivity index (χ0n) is 10.8. The maximum atomic E-state index is 13.2. The Bertz CT molecular complexity index is 561. The highest BCUT2D eigenvalue weighted by atomic mass is 32.1. The second-order valence-electron chi connectivity index (χ2n) is 5.02. The predicted octanol–water partition coefficient (Wildman–Crippen LogP) is 3.49. The molecule has 0 saturated carbocycles. The summed E-state index contributed by atoms with van der Waals surface area (Å²) in [7, 11) is 0. The highest BCUT2D eigenvalue weighted by Gasteiger charge is 2.24. The van der Waals surface area contributed by atoms with Crippen LogP contribution in [0.25, 0.3) is 11.3 Å². The summed E-state index contributed by atoms with van der Waals surface area (Å²) in [4.78, 5) is 5.73. The van der Waals surface area contributed by atoms with E-state index in [0.717, 1.165) is 21.1 Å². The van der Waals surface area contributed by atoms with Crippen molar-refractivity contribution in [1.82, 2.24) is 4.98 Å². The molecule has 0 unspecified atom stereocenters. The lowest BCUT2D eigenvalue weighted by Crippen LogP contribution is -2.27. The van der Waals surface area contributed by atoms with Crippen LogP contribution in [0, 0.1) is 12.7 Å². The second kappa shape index (κ2) is 4.78. The third kappa shape index (κ3) is 2.44. The van der Waals surface area contributed by atoms with E-state index in [4.69, 9.17) is 5.73 Å². The maximum absolute atomic E-state index is 13.2. The van der Waals surface area contributed by atoms with Crippen LogP contribution < -0.4 is 5.73 Å². The molecule has 0 fully saturated rings. The molecule has 0 aliphatic rings. The normalized spacial score (nSPS) is 11.8. The van der Waals surface area contributed by atoms with Gasteiger partial charge in [-0.3, -0.25) is 0 Å². The number of hydrogen-bond donors (Lipinski definition) is 1. The first kappa shape index (κ1) is 13.2. The van der Waals surface area contributed by atoms with Crippen molar-refractivity contribution in [3.63, 3.8) is 0 Å². The van der Waals surface area contributed by atoms with E-state index < -0.39 is 0 Å². The predicted molar refractivity (Wildman–Crippen MR) is 74.3 cm³/mol. The van der Waals surface area contributed by atoms with Gasteiger partial charge in [0.25, 0.3) is 0 Å². The molecule has 2 aromatic rings. The lowest BCUT2D eigenvalue weighted by molar-refractivity contribution is 0.536. The van der Waals surface area contributed by atoms with Crippen molar-refractivity contribution in [2.45, 2.75) is 26.2 Å². The highest BCUT2D eigenvalue weighted by molar-refractivity contribution is 7.12. The Hall–Kier alpha value is -1.26. The van der Waals surface area contributed by atoms with Gasteiger partial charge in [0.2, 0.25) is 0 Å². The first-order chi connectivity index (χ1) is 8.44. The Morgan fingerprint density at radius 2 is 2.11 bits per heavy atom. The van der Waals surface area contributed by atoms with E-state index in [1.165, 1.54) is 12.1 Å². The molecule has 0 radical (unpaired) electrons. The molecule has 0 aliphatic heterocycles. The number of nitrogens with zero attached hydrogens (tertiary/aromatic N) is 1. The fourth-order valence-electron chi connectivity index (χ4n) is 1.68. The standard InChI is InChI=1S/C14H17FN2S/c1-9-12(10-5-4-6-11(15)7-10)17-13(18-9)14(2,3)8-16/h4-7H,8,16H2,1-3H3. The Morgan fingerprint density at radius 1 is 1.39 bits per heavy atom. The Balaban J connectivity index is 2.48. The number of aromatic nitrogens is 1. The molecule has 0 spiro atoms. The molecule has 2 rings (SSSR count). The Labute approximate surface area is 111 Å². The van der Waals surface area contributed by atoms with Crippen molar-refractivity contribution < 1.29 is 4.39 Å². The summed E-state index contributed by atoms with van der Waals surface area (Å²) in [5, 5.41) is 1.00. The molecule has 1 heterocycles. The monoisotopic (exact) mass is 264 g/mol. The van der Waals surface area contributed by atoms with Gasteiger partial charge >= 0.3 is 0 Å². The van der Waals surface area contributed by atoms with Gasteiger partial charge in [-0.15, -0.1) is 11.3 Å². The van der Waals surface area contributed by atoms with Crippen LogP contribution in [0.5, 0.6) is 0 Å². The fraction of sp³-hybridized carbons (Fsp3) is 0.357. The van der Waals surface area contributed by atoms with Crippen molar-refractivity contribution in [3.8, 4) is 11.3 Å². The largest absolute Gasteiger partial charge is 0.330 e. The van der Waals surface area contributed by atoms with Gasteiger partial charge in [-0.05, 0) is 19.1 Å². The number of aryl methyl sites for hydroxylation is 1. The zero-order valence-corrected chi connectivity index (χ0v) is 11.6. The summed E-state index contributed by atoms with van der Waals surface area (Å²) in [6.07, 6.45) is 0. The van der Waals surface area contributed by atoms with Crippen LogP contribution >= 0.6 is 11.3 Å². The number of benzene rings is 1. The molecule has 0 atom stereocenters. The van der Waals surface area contributed by atoms with Gasteiger partial charge in [0.15, 0.2) is 0 Å². The van der Waals surface area contributed by atoms with Crippen LogP contribution in [0.15, 0.2) is 24.3 Å². The molecule has 18 heavy (non-hydrogen) atoms. The van der Waals surface area contributed by atoms with E-state index in [2.05, 4.69) is 18.8 Å². The van der Waals surface area contributed by atoms with Gasteiger partial charge in [-0.2, -0.15) is 0 Å². The first-order valence-corrected chi connectivity index (χ1v) is 6.69. The zero-order chi connectivity index (χ0) is 13.3. The summed E-state index contributed by atoms with van der Waals surface area (Å²) in [6.45, 7) is 6.69. The SMILES string of the molecule is Cc1sc(C(C)(C)CN)nc1-c1cccc(F)c1. The molecule has 2 nitrogen and oxygen atoms in total. The number of halogens is 1. The van der Waals surface area contributed by atoms with Crippen LogP contribution in [-0.2, 0) is 5.41 Å². The van der Waals surface area contributed by atoms with Gasteiger partial charge < -0.3 is 5.73 Å². The molecule has 0 saturated heterocycles. The summed E-state index contributed by atoms with van der Waals surface area (Å²) in [5.41, 5.74) is 7.31. The molecule has 0 bridgehead atoms. The minimum absolute atomic E-state index is 0.138. The van der Waals surface area contributed by atoms with E-state index in [0.29, 0.717) is 6.54 Å². The van der Waals surface area contributed by atoms with Crippen molar-refractivity contribution in [2.24, 2.45) is 5.73 Å². The highest BCUT2D eigenvalue weighted by Crippen LogP contribution is 2.33. The number of nitrogens with two attached hydrogens (primary N) is 1. The molecule has 96 valence electrons. The van der Waals surface area contributed by atoms with E-state index in [1.54, 1.807) is 17.4 Å². The average molecular weight is 264 g/mol. The lowest BCUT2D eigenvalue weighted by atomic mass is 9.95. The van der Waals surface area contributed by atoms with Crippen LogP contribution in [0.3, 0.4) is 0 Å². The maximum Gasteiger partial charge on any atom is 0.123 e. The smallest absolute Gasteiger partial charge is 0.123 e. The molecular weight excluding hydrogens is 247 g/mol. The minimum Gasteiger partial charge on any atom is -0.330 e. The van der Waals surface area contributed by atoms with Crippen LogP contribution in [0.4, 0.5) is 4.39 Å². The Kier molecular flexibility index (Phi) is 3.50. The number of thiazole rings is 1. The summed E-state index contributed by atoms with van der Waals surface area (Å²) in [6, 6.07) is 6.54. The molecule has 0 aliphatic carbocycles. The van der Waals surface area contributed by atoms with Crippen LogP contribution in [-0.4, -0.2) is 11.5 Å². The first-order valence-electron chi connectivity index (χ1n) is 5.88. The van der Waals surface area contributed by atoms with Crippen molar-refractivity contribution >= 4 is 11.3 Å². The molecule has 1 aromatic heterocycles. The number of hydrogen-bond acceptors (Lipinski definition) is 3. The van der Waals surface area contributed by atoms with Crippen molar-refractivity contribution in [2.75, 3.05) is 6.54 Å². The van der Waals surface area contributed by atoms with Gasteiger partial charge in [-0.25, -0.2) is 9.37 Å². The third-order valence-electron chi connectivity index (χ3n) is 2.98. The van der Waals surface area contributed by atoms with Crippen molar-refractivity contribution in [3.05, 3.63) is 40.0 Å². The van der Waals surface area contributed by atoms with E-state index in [-0.39, 0.29) is 11.2 Å². The Morgan fingerprint density at radius 3 is 2.72 bits per heavy atom. The second-order valence-corrected chi connectivity index (χ2v) is 6.23. The van der Waals surface area contributed by atoms with E-state index in [1.807, 2.05) is 13.0 Å². The summed E-state index contributed by atoms with van der Waals surface area (Å²) in [5.74, 6) is -0.237. The van der Waals surface area contributed by atoms with Gasteiger partial charge in [-0.1, -0.05) is 26.0 Å². The molecule has 1 aromatic carbocycles. The van der Waals surface area contributed by atoms with Crippen LogP contribution in [0.2, 0.25) is 0 Å². The van der Waals surface area contributed by atoms with Gasteiger partial charge in [0, 0.05) is 22.4 Å². The molecule has 2 N–H and O–H groups in total. The average Bonchev–Trinajstić information content (AvgIpc) is 2.72. The van der Waals surface area contributed by atoms with Gasteiger partial charge in [0.05, 0.1) is 5.69 Å². The minimum atomic E-state index is -0.237. The molecule has 4 heteroatoms. The summed E-state index contributed by atoms with van der Waals surface area (Å²) < 4.78 is 13.2. The molecule has 0 amide bonds. The van der Waals surface area contributed by atoms with Gasteiger partial charge in [0.1, 0.15) is 10.8 Å². The topological polar surface area (TPSA) is 38.9 Å². The van der Waals surface area contributed by atoms with E-state index >= 15 is 0 Å². The molecular formula is C14H17FN2S. The quantitative estimate of drug-likeness (QED) is 0.921. The fourth-order valence-corrected chi connectivity index (χ4v) is 2.72. The van der Waals surface area contributed by atoms with Crippen molar-refractivity contribution in [1.29, 1.82) is 0 Å². The summed E-state index contributed by atoms with van der Waals surface area (Å²) >= 11 is 1.63. The third-order valence-corrected chi connectivity index (χ3v) is 4.32. The number of rotatable bonds is 3.